The lowest BCUT2D eigenvalue weighted by molar-refractivity contribution is 0.954. The Morgan fingerprint density at radius 1 is 0.393 bits per heavy atom. The predicted molar refractivity (Wildman–Crippen MR) is 224 cm³/mol. The lowest BCUT2D eigenvalue weighted by Gasteiger charge is -2.13. The van der Waals surface area contributed by atoms with Gasteiger partial charge in [0.05, 0.1) is 45.3 Å². The van der Waals surface area contributed by atoms with Gasteiger partial charge in [0.15, 0.2) is 11.6 Å². The van der Waals surface area contributed by atoms with E-state index >= 15 is 0 Å². The maximum absolute atomic E-state index is 9.53. The summed E-state index contributed by atoms with van der Waals surface area (Å²) in [7, 11) is 0. The standard InChI is InChI=1S/C49H27N7/c50-28-30-14-16-34-26-36(20-18-32(34)24-30)47-52-48(37-21-19-33-25-31(29-51)15-17-35(33)27-37)54-49(53-47)56-44-13-7-5-11-40(44)42-23-22-41-39-10-4-6-12-43(39)55(45(41)46(42)56)38-8-2-1-3-9-38/h1-27H. The molecule has 0 spiro atoms. The van der Waals surface area contributed by atoms with E-state index in [1.165, 1.54) is 0 Å². The molecule has 11 rings (SSSR count). The zero-order chi connectivity index (χ0) is 37.3. The van der Waals surface area contributed by atoms with Gasteiger partial charge in [-0.3, -0.25) is 4.57 Å². The smallest absolute Gasteiger partial charge is 0.238 e. The van der Waals surface area contributed by atoms with Gasteiger partial charge in [-0.15, -0.1) is 0 Å². The Balaban J connectivity index is 1.25. The molecule has 258 valence electrons. The van der Waals surface area contributed by atoms with Gasteiger partial charge in [0, 0.05) is 38.4 Å². The minimum absolute atomic E-state index is 0.494. The largest absolute Gasteiger partial charge is 0.307 e. The fraction of sp³-hybridized carbons (Fsp3) is 0. The van der Waals surface area contributed by atoms with Crippen LogP contribution in [0.2, 0.25) is 0 Å². The van der Waals surface area contributed by atoms with Crippen LogP contribution in [0.1, 0.15) is 11.1 Å². The third-order valence-corrected chi connectivity index (χ3v) is 10.8. The number of hydrogen-bond acceptors (Lipinski definition) is 5. The second-order valence-corrected chi connectivity index (χ2v) is 14.0. The minimum atomic E-state index is 0.494. The van der Waals surface area contributed by atoms with Crippen molar-refractivity contribution in [2.75, 3.05) is 0 Å². The van der Waals surface area contributed by atoms with Crippen LogP contribution in [-0.4, -0.2) is 24.1 Å². The van der Waals surface area contributed by atoms with E-state index in [9.17, 15) is 10.5 Å². The molecule has 7 heteroatoms. The summed E-state index contributed by atoms with van der Waals surface area (Å²) in [6, 6.07) is 60.0. The van der Waals surface area contributed by atoms with Crippen LogP contribution in [0, 0.1) is 22.7 Å². The number of para-hydroxylation sites is 3. The van der Waals surface area contributed by atoms with Gasteiger partial charge in [0.25, 0.3) is 0 Å². The summed E-state index contributed by atoms with van der Waals surface area (Å²) in [6.07, 6.45) is 0. The first-order valence-corrected chi connectivity index (χ1v) is 18.3. The van der Waals surface area contributed by atoms with E-state index < -0.39 is 0 Å². The number of fused-ring (bicyclic) bond motifs is 9. The van der Waals surface area contributed by atoms with Crippen molar-refractivity contribution in [3.05, 3.63) is 175 Å². The Kier molecular flexibility index (Phi) is 6.85. The molecule has 3 heterocycles. The number of aromatic nitrogens is 5. The molecule has 56 heavy (non-hydrogen) atoms. The number of rotatable bonds is 4. The first kappa shape index (κ1) is 31.4. The monoisotopic (exact) mass is 713 g/mol. The highest BCUT2D eigenvalue weighted by Crippen LogP contribution is 2.41. The van der Waals surface area contributed by atoms with Gasteiger partial charge in [-0.05, 0) is 82.2 Å². The summed E-state index contributed by atoms with van der Waals surface area (Å²) < 4.78 is 4.55. The Morgan fingerprint density at radius 3 is 1.41 bits per heavy atom. The van der Waals surface area contributed by atoms with Crippen molar-refractivity contribution in [3.8, 4) is 46.5 Å². The molecule has 11 aromatic rings. The molecule has 0 saturated heterocycles. The summed E-state index contributed by atoms with van der Waals surface area (Å²) in [5, 5.41) is 27.4. The van der Waals surface area contributed by atoms with Crippen molar-refractivity contribution in [1.82, 2.24) is 24.1 Å². The van der Waals surface area contributed by atoms with E-state index in [-0.39, 0.29) is 0 Å². The van der Waals surface area contributed by atoms with Gasteiger partial charge in [0.2, 0.25) is 5.95 Å². The van der Waals surface area contributed by atoms with Gasteiger partial charge in [-0.2, -0.15) is 20.5 Å². The van der Waals surface area contributed by atoms with Crippen LogP contribution in [0.25, 0.3) is 99.6 Å². The SMILES string of the molecule is N#Cc1ccc2cc(-c3nc(-c4ccc5cc(C#N)ccc5c4)nc(-n4c5ccccc5c5ccc6c7ccccc7n(-c7ccccc7)c6c54)n3)ccc2c1. The maximum atomic E-state index is 9.53. The lowest BCUT2D eigenvalue weighted by Crippen LogP contribution is -2.07. The highest BCUT2D eigenvalue weighted by Gasteiger charge is 2.23. The van der Waals surface area contributed by atoms with Crippen LogP contribution < -0.4 is 0 Å². The van der Waals surface area contributed by atoms with Crippen LogP contribution in [0.5, 0.6) is 0 Å². The molecule has 0 radical (unpaired) electrons. The summed E-state index contributed by atoms with van der Waals surface area (Å²) in [5.41, 5.74) is 8.09. The van der Waals surface area contributed by atoms with Crippen LogP contribution in [-0.2, 0) is 0 Å². The second-order valence-electron chi connectivity index (χ2n) is 14.0. The molecule has 0 aliphatic heterocycles. The van der Waals surface area contributed by atoms with E-state index in [1.54, 1.807) is 0 Å². The maximum Gasteiger partial charge on any atom is 0.238 e. The van der Waals surface area contributed by atoms with Crippen molar-refractivity contribution in [2.24, 2.45) is 0 Å². The second kappa shape index (κ2) is 12.2. The zero-order valence-electron chi connectivity index (χ0n) is 29.7. The highest BCUT2D eigenvalue weighted by molar-refractivity contribution is 6.23. The molecule has 0 aliphatic rings. The predicted octanol–water partition coefficient (Wildman–Crippen LogP) is 11.4. The molecule has 0 N–H and O–H groups in total. The van der Waals surface area contributed by atoms with E-state index in [0.29, 0.717) is 28.7 Å². The van der Waals surface area contributed by atoms with Crippen molar-refractivity contribution in [1.29, 1.82) is 10.5 Å². The van der Waals surface area contributed by atoms with E-state index in [4.69, 9.17) is 15.0 Å². The van der Waals surface area contributed by atoms with Gasteiger partial charge in [-0.25, -0.2) is 4.98 Å². The van der Waals surface area contributed by atoms with Crippen molar-refractivity contribution < 1.29 is 0 Å². The lowest BCUT2D eigenvalue weighted by atomic mass is 10.0. The van der Waals surface area contributed by atoms with Gasteiger partial charge in [0.1, 0.15) is 0 Å². The van der Waals surface area contributed by atoms with Crippen molar-refractivity contribution >= 4 is 65.2 Å². The minimum Gasteiger partial charge on any atom is -0.307 e. The van der Waals surface area contributed by atoms with E-state index in [1.807, 2.05) is 66.7 Å². The average Bonchev–Trinajstić information content (AvgIpc) is 3.79. The molecule has 3 aromatic heterocycles. The van der Waals surface area contributed by atoms with Crippen LogP contribution in [0.3, 0.4) is 0 Å². The van der Waals surface area contributed by atoms with E-state index in [2.05, 4.69) is 118 Å². The Bertz CT molecular complexity index is 3390. The number of nitriles is 2. The molecule has 0 unspecified atom stereocenters. The van der Waals surface area contributed by atoms with Crippen LogP contribution >= 0.6 is 0 Å². The molecule has 8 aromatic carbocycles. The third-order valence-electron chi connectivity index (χ3n) is 10.8. The van der Waals surface area contributed by atoms with Gasteiger partial charge < -0.3 is 4.57 Å². The average molecular weight is 714 g/mol. The van der Waals surface area contributed by atoms with Crippen molar-refractivity contribution in [2.45, 2.75) is 0 Å². The molecule has 7 nitrogen and oxygen atoms in total. The van der Waals surface area contributed by atoms with E-state index in [0.717, 1.165) is 82.0 Å². The van der Waals surface area contributed by atoms with Gasteiger partial charge >= 0.3 is 0 Å². The topological polar surface area (TPSA) is 96.1 Å². The van der Waals surface area contributed by atoms with Gasteiger partial charge in [-0.1, -0.05) is 103 Å². The summed E-state index contributed by atoms with van der Waals surface area (Å²) >= 11 is 0. The molecular weight excluding hydrogens is 687 g/mol. The molecule has 0 saturated carbocycles. The fourth-order valence-corrected chi connectivity index (χ4v) is 8.19. The van der Waals surface area contributed by atoms with Crippen molar-refractivity contribution in [3.63, 3.8) is 0 Å². The molecule has 0 fully saturated rings. The quantitative estimate of drug-likeness (QED) is 0.181. The van der Waals surface area contributed by atoms with Crippen LogP contribution in [0.4, 0.5) is 0 Å². The molecule has 0 bridgehead atoms. The molecule has 0 amide bonds. The molecule has 0 aliphatic carbocycles. The molecular formula is C49H27N7. The Labute approximate surface area is 320 Å². The highest BCUT2D eigenvalue weighted by atomic mass is 15.2. The Morgan fingerprint density at radius 2 is 0.857 bits per heavy atom. The van der Waals surface area contributed by atoms with Crippen LogP contribution in [0.15, 0.2) is 164 Å². The summed E-state index contributed by atoms with van der Waals surface area (Å²) in [4.78, 5) is 15.7. The number of hydrogen-bond donors (Lipinski definition) is 0. The summed E-state index contributed by atoms with van der Waals surface area (Å²) in [6.45, 7) is 0. The Hall–Kier alpha value is -8.13. The summed E-state index contributed by atoms with van der Waals surface area (Å²) in [5.74, 6) is 1.55. The first-order valence-electron chi connectivity index (χ1n) is 18.3. The number of benzene rings is 8. The molecule has 0 atom stereocenters. The first-order chi connectivity index (χ1) is 27.6. The fourth-order valence-electron chi connectivity index (χ4n) is 8.19. The third kappa shape index (κ3) is 4.79. The zero-order valence-corrected chi connectivity index (χ0v) is 29.7. The normalized spacial score (nSPS) is 11.5. The number of nitrogens with zero attached hydrogens (tertiary/aromatic N) is 7.